The van der Waals surface area contributed by atoms with Crippen LogP contribution in [-0.4, -0.2) is 6.54 Å². The zero-order valence-electron chi connectivity index (χ0n) is 11.8. The smallest absolute Gasteiger partial charge is 0.299 e. The first kappa shape index (κ1) is 14.6. The molecule has 0 fully saturated rings. The molecule has 0 aliphatic rings. The van der Waals surface area contributed by atoms with Crippen LogP contribution in [0.25, 0.3) is 0 Å². The fourth-order valence-electron chi connectivity index (χ4n) is 2.09. The third kappa shape index (κ3) is 3.52. The monoisotopic (exact) mass is 251 g/mol. The number of nitrogens with zero attached hydrogens (tertiary/aromatic N) is 1. The number of aryl methyl sites for hydroxylation is 2. The second-order valence-corrected chi connectivity index (χ2v) is 4.71. The fourth-order valence-corrected chi connectivity index (χ4v) is 2.09. The SMILES string of the molecule is CCCCCCNc1c(CC)cc(C)[n+]([O-])c1N. The minimum atomic E-state index is 0.294. The van der Waals surface area contributed by atoms with Crippen LogP contribution in [0.3, 0.4) is 0 Å². The van der Waals surface area contributed by atoms with Gasteiger partial charge >= 0.3 is 0 Å². The topological polar surface area (TPSA) is 65.0 Å². The summed E-state index contributed by atoms with van der Waals surface area (Å²) in [5, 5.41) is 15.1. The van der Waals surface area contributed by atoms with Gasteiger partial charge in [0.05, 0.1) is 0 Å². The largest absolute Gasteiger partial charge is 0.710 e. The molecule has 3 N–H and O–H groups in total. The van der Waals surface area contributed by atoms with E-state index < -0.39 is 0 Å². The molecule has 0 spiro atoms. The van der Waals surface area contributed by atoms with E-state index in [2.05, 4.69) is 19.2 Å². The van der Waals surface area contributed by atoms with Gasteiger partial charge in [0.2, 0.25) is 0 Å². The lowest BCUT2D eigenvalue weighted by atomic mass is 10.1. The third-order valence-electron chi connectivity index (χ3n) is 3.21. The molecule has 0 aromatic carbocycles. The highest BCUT2D eigenvalue weighted by molar-refractivity contribution is 5.64. The highest BCUT2D eigenvalue weighted by Crippen LogP contribution is 2.22. The molecule has 1 rings (SSSR count). The lowest BCUT2D eigenvalue weighted by Crippen LogP contribution is -2.35. The first-order valence-corrected chi connectivity index (χ1v) is 6.87. The molecule has 1 heterocycles. The maximum atomic E-state index is 11.7. The van der Waals surface area contributed by atoms with Gasteiger partial charge in [0.15, 0.2) is 0 Å². The number of unbranched alkanes of at least 4 members (excludes halogenated alkanes) is 3. The van der Waals surface area contributed by atoms with E-state index >= 15 is 0 Å². The molecule has 0 bridgehead atoms. The Morgan fingerprint density at radius 3 is 2.61 bits per heavy atom. The second kappa shape index (κ2) is 7.09. The number of anilines is 2. The average molecular weight is 251 g/mol. The molecule has 4 nitrogen and oxygen atoms in total. The molecule has 0 saturated carbocycles. The van der Waals surface area contributed by atoms with Crippen molar-refractivity contribution < 1.29 is 4.73 Å². The van der Waals surface area contributed by atoms with Gasteiger partial charge in [-0.2, -0.15) is 0 Å². The Morgan fingerprint density at radius 1 is 1.28 bits per heavy atom. The maximum Gasteiger partial charge on any atom is 0.299 e. The van der Waals surface area contributed by atoms with Crippen molar-refractivity contribution in [1.82, 2.24) is 0 Å². The number of nitrogens with one attached hydrogen (secondary N) is 1. The number of nitrogens with two attached hydrogens (primary N) is 1. The van der Waals surface area contributed by atoms with E-state index in [0.29, 0.717) is 11.5 Å². The van der Waals surface area contributed by atoms with Gasteiger partial charge < -0.3 is 10.5 Å². The summed E-state index contributed by atoms with van der Waals surface area (Å²) < 4.78 is 0.799. The Kier molecular flexibility index (Phi) is 5.75. The van der Waals surface area contributed by atoms with Crippen molar-refractivity contribution in [2.75, 3.05) is 17.6 Å². The summed E-state index contributed by atoms with van der Waals surface area (Å²) in [4.78, 5) is 0. The van der Waals surface area contributed by atoms with E-state index in [-0.39, 0.29) is 0 Å². The van der Waals surface area contributed by atoms with Crippen LogP contribution >= 0.6 is 0 Å². The van der Waals surface area contributed by atoms with Crippen LogP contribution in [-0.2, 0) is 6.42 Å². The quantitative estimate of drug-likeness (QED) is 0.445. The summed E-state index contributed by atoms with van der Waals surface area (Å²) in [7, 11) is 0. The van der Waals surface area contributed by atoms with E-state index in [0.717, 1.165) is 35.4 Å². The number of rotatable bonds is 7. The highest BCUT2D eigenvalue weighted by atomic mass is 16.5. The molecule has 18 heavy (non-hydrogen) atoms. The van der Waals surface area contributed by atoms with Crippen molar-refractivity contribution in [3.63, 3.8) is 0 Å². The Bertz CT molecular complexity index is 391. The molecule has 4 heteroatoms. The summed E-state index contributed by atoms with van der Waals surface area (Å²) in [5.74, 6) is 0.294. The van der Waals surface area contributed by atoms with Crippen molar-refractivity contribution in [3.8, 4) is 0 Å². The van der Waals surface area contributed by atoms with Gasteiger partial charge in [-0.15, -0.1) is 0 Å². The van der Waals surface area contributed by atoms with Crippen molar-refractivity contribution >= 4 is 11.5 Å². The minimum Gasteiger partial charge on any atom is -0.710 e. The van der Waals surface area contributed by atoms with Gasteiger partial charge in [0.1, 0.15) is 11.4 Å². The first-order chi connectivity index (χ1) is 8.61. The summed E-state index contributed by atoms with van der Waals surface area (Å²) >= 11 is 0. The van der Waals surface area contributed by atoms with Crippen molar-refractivity contribution in [2.24, 2.45) is 0 Å². The van der Waals surface area contributed by atoms with Gasteiger partial charge in [-0.05, 0) is 31.4 Å². The van der Waals surface area contributed by atoms with Crippen molar-refractivity contribution in [2.45, 2.75) is 52.9 Å². The average Bonchev–Trinajstić information content (AvgIpc) is 2.37. The molecule has 0 unspecified atom stereocenters. The minimum absolute atomic E-state index is 0.294. The summed E-state index contributed by atoms with van der Waals surface area (Å²) in [6.45, 7) is 6.93. The number of hydrogen-bond acceptors (Lipinski definition) is 3. The normalized spacial score (nSPS) is 10.6. The lowest BCUT2D eigenvalue weighted by molar-refractivity contribution is -0.596. The van der Waals surface area contributed by atoms with Gasteiger partial charge in [-0.25, -0.2) is 4.73 Å². The Labute approximate surface area is 110 Å². The molecular weight excluding hydrogens is 226 g/mol. The Hall–Kier alpha value is -1.45. The Morgan fingerprint density at radius 2 is 2.00 bits per heavy atom. The molecular formula is C14H25N3O. The molecule has 0 radical (unpaired) electrons. The van der Waals surface area contributed by atoms with Crippen LogP contribution in [0.2, 0.25) is 0 Å². The van der Waals surface area contributed by atoms with Gasteiger partial charge in [0, 0.05) is 6.54 Å². The number of pyridine rings is 1. The zero-order chi connectivity index (χ0) is 13.5. The molecule has 0 atom stereocenters. The van der Waals surface area contributed by atoms with Crippen LogP contribution < -0.4 is 15.8 Å². The molecule has 0 saturated heterocycles. The van der Waals surface area contributed by atoms with Crippen molar-refractivity contribution in [1.29, 1.82) is 0 Å². The van der Waals surface area contributed by atoms with E-state index in [9.17, 15) is 5.21 Å². The summed E-state index contributed by atoms with van der Waals surface area (Å²) in [6.07, 6.45) is 5.70. The van der Waals surface area contributed by atoms with Crippen LogP contribution in [0.1, 0.15) is 50.8 Å². The maximum absolute atomic E-state index is 11.7. The predicted octanol–water partition coefficient (Wildman–Crippen LogP) is 2.77. The molecule has 1 aromatic heterocycles. The van der Waals surface area contributed by atoms with Crippen LogP contribution in [0, 0.1) is 12.1 Å². The second-order valence-electron chi connectivity index (χ2n) is 4.71. The van der Waals surface area contributed by atoms with Gasteiger partial charge in [0.25, 0.3) is 5.82 Å². The van der Waals surface area contributed by atoms with Crippen LogP contribution in [0.15, 0.2) is 6.07 Å². The standard InChI is InChI=1S/C14H25N3O/c1-4-6-7-8-9-16-13-12(5-2)10-11(3)17(18)14(13)15/h10,16H,4-9,15H2,1-3H3. The zero-order valence-corrected chi connectivity index (χ0v) is 11.8. The highest BCUT2D eigenvalue weighted by Gasteiger charge is 2.13. The molecule has 1 aromatic rings. The van der Waals surface area contributed by atoms with E-state index in [1.54, 1.807) is 6.92 Å². The lowest BCUT2D eigenvalue weighted by Gasteiger charge is -2.17. The fraction of sp³-hybridized carbons (Fsp3) is 0.643. The van der Waals surface area contributed by atoms with Crippen LogP contribution in [0.5, 0.6) is 0 Å². The van der Waals surface area contributed by atoms with E-state index in [1.807, 2.05) is 6.07 Å². The third-order valence-corrected chi connectivity index (χ3v) is 3.21. The predicted molar refractivity (Wildman–Crippen MR) is 76.6 cm³/mol. The van der Waals surface area contributed by atoms with Gasteiger partial charge in [-0.3, -0.25) is 5.73 Å². The van der Waals surface area contributed by atoms with Crippen molar-refractivity contribution in [3.05, 3.63) is 22.5 Å². The molecule has 0 amide bonds. The molecule has 0 aliphatic carbocycles. The Balaban J connectivity index is 2.71. The number of nitrogen functional groups attached to an aromatic ring is 1. The summed E-state index contributed by atoms with van der Waals surface area (Å²) in [6, 6.07) is 1.91. The van der Waals surface area contributed by atoms with E-state index in [1.165, 1.54) is 19.3 Å². The number of hydrogen-bond donors (Lipinski definition) is 2. The molecule has 102 valence electrons. The molecule has 0 aliphatic heterocycles. The first-order valence-electron chi connectivity index (χ1n) is 6.87. The van der Waals surface area contributed by atoms with E-state index in [4.69, 9.17) is 5.73 Å². The van der Waals surface area contributed by atoms with Gasteiger partial charge in [-0.1, -0.05) is 33.1 Å². The van der Waals surface area contributed by atoms with Crippen LogP contribution in [0.4, 0.5) is 11.5 Å². The number of aromatic nitrogens is 1. The summed E-state index contributed by atoms with van der Waals surface area (Å²) in [5.41, 5.74) is 8.47.